The van der Waals surface area contributed by atoms with Gasteiger partial charge in [0.1, 0.15) is 0 Å². The van der Waals surface area contributed by atoms with Crippen molar-refractivity contribution in [2.45, 2.75) is 18.4 Å². The molecular weight excluding hydrogens is 376 g/mol. The van der Waals surface area contributed by atoms with Gasteiger partial charge in [-0.05, 0) is 24.6 Å². The summed E-state index contributed by atoms with van der Waals surface area (Å²) in [4.78, 5) is 25.6. The molecule has 2 aromatic rings. The highest BCUT2D eigenvalue weighted by Gasteiger charge is 2.25. The van der Waals surface area contributed by atoms with Gasteiger partial charge in [-0.15, -0.1) is 6.58 Å². The minimum atomic E-state index is -3.85. The van der Waals surface area contributed by atoms with Gasteiger partial charge in [0.05, 0.1) is 11.4 Å². The average Bonchev–Trinajstić information content (AvgIpc) is 2.68. The molecule has 0 bridgehead atoms. The highest BCUT2D eigenvalue weighted by Crippen LogP contribution is 2.16. The Labute approximate surface area is 166 Å². The second-order valence-corrected chi connectivity index (χ2v) is 8.44. The summed E-state index contributed by atoms with van der Waals surface area (Å²) in [6.07, 6.45) is 1.61. The first kappa shape index (κ1) is 21.5. The second kappa shape index (κ2) is 9.43. The number of likely N-dealkylation sites (N-methyl/N-ethyl adjacent to an activating group) is 1. The molecule has 0 atom stereocenters. The number of hydrogen-bond acceptors (Lipinski definition) is 4. The largest absolute Gasteiger partial charge is 0.334 e. The van der Waals surface area contributed by atoms with Crippen LogP contribution in [-0.4, -0.2) is 49.5 Å². The first-order chi connectivity index (χ1) is 13.3. The Hall–Kier alpha value is -2.77. The molecule has 0 aliphatic rings. The fourth-order valence-electron chi connectivity index (χ4n) is 2.63. The summed E-state index contributed by atoms with van der Waals surface area (Å²) in [6.45, 7) is 5.47. The SMILES string of the molecule is C=CCN(Cc1ccccc1)C(=O)CN(C)S(=O)(=O)c1ccc(C(C)=O)cc1. The summed E-state index contributed by atoms with van der Waals surface area (Å²) >= 11 is 0. The van der Waals surface area contributed by atoms with Gasteiger partial charge < -0.3 is 4.90 Å². The van der Waals surface area contributed by atoms with E-state index in [1.807, 2.05) is 30.3 Å². The van der Waals surface area contributed by atoms with Crippen LogP contribution in [0.4, 0.5) is 0 Å². The van der Waals surface area contributed by atoms with Crippen molar-refractivity contribution in [3.8, 4) is 0 Å². The third-order valence-corrected chi connectivity index (χ3v) is 6.06. The molecule has 0 aliphatic carbocycles. The zero-order valence-electron chi connectivity index (χ0n) is 16.0. The van der Waals surface area contributed by atoms with Crippen LogP contribution in [-0.2, 0) is 21.4 Å². The zero-order valence-corrected chi connectivity index (χ0v) is 16.9. The molecule has 7 heteroatoms. The van der Waals surface area contributed by atoms with E-state index in [2.05, 4.69) is 6.58 Å². The Morgan fingerprint density at radius 1 is 1.04 bits per heavy atom. The summed E-state index contributed by atoms with van der Waals surface area (Å²) in [6, 6.07) is 15.1. The van der Waals surface area contributed by atoms with E-state index in [9.17, 15) is 18.0 Å². The number of rotatable bonds is 9. The molecule has 0 radical (unpaired) electrons. The number of amides is 1. The molecule has 0 aliphatic heterocycles. The number of Topliss-reactive ketones (excluding diaryl/α,β-unsaturated/α-hetero) is 1. The molecule has 28 heavy (non-hydrogen) atoms. The van der Waals surface area contributed by atoms with Crippen LogP contribution in [0.2, 0.25) is 0 Å². The van der Waals surface area contributed by atoms with Crippen molar-refractivity contribution in [1.29, 1.82) is 0 Å². The lowest BCUT2D eigenvalue weighted by Gasteiger charge is -2.24. The molecule has 0 heterocycles. The Balaban J connectivity index is 2.13. The fourth-order valence-corrected chi connectivity index (χ4v) is 3.75. The van der Waals surface area contributed by atoms with E-state index in [0.717, 1.165) is 9.87 Å². The van der Waals surface area contributed by atoms with Crippen LogP contribution in [0.3, 0.4) is 0 Å². The second-order valence-electron chi connectivity index (χ2n) is 6.39. The lowest BCUT2D eigenvalue weighted by atomic mass is 10.2. The predicted octanol–water partition coefficient (Wildman–Crippen LogP) is 2.72. The summed E-state index contributed by atoms with van der Waals surface area (Å²) in [7, 11) is -2.49. The van der Waals surface area contributed by atoms with Crippen molar-refractivity contribution in [1.82, 2.24) is 9.21 Å². The van der Waals surface area contributed by atoms with Crippen LogP contribution in [0.5, 0.6) is 0 Å². The smallest absolute Gasteiger partial charge is 0.243 e. The van der Waals surface area contributed by atoms with Crippen LogP contribution in [0.15, 0.2) is 72.1 Å². The van der Waals surface area contributed by atoms with E-state index in [4.69, 9.17) is 0 Å². The van der Waals surface area contributed by atoms with Crippen LogP contribution in [0.1, 0.15) is 22.8 Å². The molecule has 148 valence electrons. The van der Waals surface area contributed by atoms with Gasteiger partial charge in [0.25, 0.3) is 0 Å². The molecule has 2 aromatic carbocycles. The molecular formula is C21H24N2O4S. The van der Waals surface area contributed by atoms with E-state index in [1.165, 1.54) is 38.2 Å². The first-order valence-corrected chi connectivity index (χ1v) is 10.2. The van der Waals surface area contributed by atoms with Gasteiger partial charge in [-0.25, -0.2) is 8.42 Å². The lowest BCUT2D eigenvalue weighted by molar-refractivity contribution is -0.131. The number of sulfonamides is 1. The maximum absolute atomic E-state index is 12.7. The molecule has 2 rings (SSSR count). The van der Waals surface area contributed by atoms with Gasteiger partial charge in [-0.3, -0.25) is 9.59 Å². The quantitative estimate of drug-likeness (QED) is 0.479. The molecule has 0 aromatic heterocycles. The Morgan fingerprint density at radius 3 is 2.18 bits per heavy atom. The van der Waals surface area contributed by atoms with E-state index in [1.54, 1.807) is 11.0 Å². The maximum Gasteiger partial charge on any atom is 0.243 e. The van der Waals surface area contributed by atoms with Gasteiger partial charge in [0.15, 0.2) is 5.78 Å². The van der Waals surface area contributed by atoms with Crippen LogP contribution >= 0.6 is 0 Å². The maximum atomic E-state index is 12.7. The Bertz CT molecular complexity index is 938. The summed E-state index contributed by atoms with van der Waals surface area (Å²) in [5, 5.41) is 0. The van der Waals surface area contributed by atoms with Crippen molar-refractivity contribution in [2.24, 2.45) is 0 Å². The van der Waals surface area contributed by atoms with Crippen LogP contribution < -0.4 is 0 Å². The zero-order chi connectivity index (χ0) is 20.7. The summed E-state index contributed by atoms with van der Waals surface area (Å²) in [5.74, 6) is -0.469. The Morgan fingerprint density at radius 2 is 1.64 bits per heavy atom. The Kier molecular flexibility index (Phi) is 7.25. The van der Waals surface area contributed by atoms with Crippen molar-refractivity contribution in [3.05, 3.63) is 78.4 Å². The van der Waals surface area contributed by atoms with Gasteiger partial charge in [0, 0.05) is 25.7 Å². The topological polar surface area (TPSA) is 74.8 Å². The number of nitrogens with zero attached hydrogens (tertiary/aromatic N) is 2. The number of ketones is 1. The molecule has 0 saturated heterocycles. The monoisotopic (exact) mass is 400 g/mol. The van der Waals surface area contributed by atoms with Crippen molar-refractivity contribution in [3.63, 3.8) is 0 Å². The van der Waals surface area contributed by atoms with Crippen molar-refractivity contribution >= 4 is 21.7 Å². The lowest BCUT2D eigenvalue weighted by Crippen LogP contribution is -2.40. The third-order valence-electron chi connectivity index (χ3n) is 4.25. The van der Waals surface area contributed by atoms with E-state index in [0.29, 0.717) is 18.7 Å². The normalized spacial score (nSPS) is 11.2. The van der Waals surface area contributed by atoms with E-state index < -0.39 is 10.0 Å². The first-order valence-electron chi connectivity index (χ1n) is 8.75. The molecule has 6 nitrogen and oxygen atoms in total. The van der Waals surface area contributed by atoms with Crippen LogP contribution in [0, 0.1) is 0 Å². The molecule has 1 amide bonds. The van der Waals surface area contributed by atoms with Crippen molar-refractivity contribution < 1.29 is 18.0 Å². The minimum Gasteiger partial charge on any atom is -0.334 e. The minimum absolute atomic E-state index is 0.0335. The number of benzene rings is 2. The van der Waals surface area contributed by atoms with Gasteiger partial charge in [-0.2, -0.15) is 4.31 Å². The molecule has 0 N–H and O–H groups in total. The fraction of sp³-hybridized carbons (Fsp3) is 0.238. The number of carbonyl (C=O) groups excluding carboxylic acids is 2. The molecule has 0 saturated carbocycles. The summed E-state index contributed by atoms with van der Waals surface area (Å²) < 4.78 is 26.5. The van der Waals surface area contributed by atoms with E-state index >= 15 is 0 Å². The molecule has 0 spiro atoms. The van der Waals surface area contributed by atoms with Crippen LogP contribution in [0.25, 0.3) is 0 Å². The standard InChI is InChI=1S/C21H24N2O4S/c1-4-14-23(15-18-8-6-5-7-9-18)21(25)16-22(3)28(26,27)20-12-10-19(11-13-20)17(2)24/h4-13H,1,14-16H2,2-3H3. The van der Waals surface area contributed by atoms with Gasteiger partial charge in [-0.1, -0.05) is 48.5 Å². The molecule has 0 unspecified atom stereocenters. The molecule has 0 fully saturated rings. The van der Waals surface area contributed by atoms with Crippen molar-refractivity contribution in [2.75, 3.05) is 20.1 Å². The average molecular weight is 401 g/mol. The third kappa shape index (κ3) is 5.37. The van der Waals surface area contributed by atoms with Gasteiger partial charge >= 0.3 is 0 Å². The summed E-state index contributed by atoms with van der Waals surface area (Å²) in [5.41, 5.74) is 1.38. The van der Waals surface area contributed by atoms with Gasteiger partial charge in [0.2, 0.25) is 15.9 Å². The number of hydrogen-bond donors (Lipinski definition) is 0. The number of carbonyl (C=O) groups is 2. The van der Waals surface area contributed by atoms with E-state index in [-0.39, 0.29) is 23.1 Å². The highest BCUT2D eigenvalue weighted by atomic mass is 32.2. The highest BCUT2D eigenvalue weighted by molar-refractivity contribution is 7.89. The predicted molar refractivity (Wildman–Crippen MR) is 108 cm³/mol.